The molecule has 0 spiro atoms. The molecule has 0 aliphatic rings. The van der Waals surface area contributed by atoms with Crippen LogP contribution in [0, 0.1) is 6.92 Å². The summed E-state index contributed by atoms with van der Waals surface area (Å²) in [6.45, 7) is 4.17. The summed E-state index contributed by atoms with van der Waals surface area (Å²) < 4.78 is 2.15. The summed E-state index contributed by atoms with van der Waals surface area (Å²) in [5.74, 6) is -0.0317. The number of carboxylic acid groups (broad SMARTS) is 1. The zero-order valence-corrected chi connectivity index (χ0v) is 22.9. The SMILES string of the molecule is CCCCc1nc2ccc(N(C)C(=O)Nc3ccccc3)cc2n1-c1cccc(-c2ccccc2C(=O)O)c1C. The summed E-state index contributed by atoms with van der Waals surface area (Å²) in [7, 11) is 1.74. The molecule has 0 fully saturated rings. The molecular formula is C33H32N4O3. The fraction of sp³-hybridized carbons (Fsp3) is 0.182. The van der Waals surface area contributed by atoms with Crippen LogP contribution in [0.4, 0.5) is 16.2 Å². The Labute approximate surface area is 233 Å². The number of carbonyl (C=O) groups is 2. The Morgan fingerprint density at radius 1 is 0.925 bits per heavy atom. The average molecular weight is 533 g/mol. The highest BCUT2D eigenvalue weighted by atomic mass is 16.4. The number of amides is 2. The highest BCUT2D eigenvalue weighted by molar-refractivity contribution is 6.02. The number of anilines is 2. The molecule has 0 atom stereocenters. The van der Waals surface area contributed by atoms with Crippen molar-refractivity contribution in [3.63, 3.8) is 0 Å². The molecule has 40 heavy (non-hydrogen) atoms. The largest absolute Gasteiger partial charge is 0.478 e. The van der Waals surface area contributed by atoms with Crippen molar-refractivity contribution in [1.82, 2.24) is 9.55 Å². The van der Waals surface area contributed by atoms with Crippen LogP contribution in [0.3, 0.4) is 0 Å². The lowest BCUT2D eigenvalue weighted by Crippen LogP contribution is -2.31. The van der Waals surface area contributed by atoms with E-state index in [2.05, 4.69) is 16.8 Å². The highest BCUT2D eigenvalue weighted by Crippen LogP contribution is 2.34. The molecule has 2 amide bonds. The minimum Gasteiger partial charge on any atom is -0.478 e. The van der Waals surface area contributed by atoms with E-state index in [0.29, 0.717) is 5.56 Å². The fourth-order valence-electron chi connectivity index (χ4n) is 5.00. The van der Waals surface area contributed by atoms with Crippen molar-refractivity contribution >= 4 is 34.4 Å². The van der Waals surface area contributed by atoms with Gasteiger partial charge in [-0.05, 0) is 72.5 Å². The molecule has 202 valence electrons. The number of imidazole rings is 1. The van der Waals surface area contributed by atoms with Gasteiger partial charge in [0.1, 0.15) is 5.82 Å². The number of urea groups is 1. The number of aryl methyl sites for hydroxylation is 1. The smallest absolute Gasteiger partial charge is 0.336 e. The van der Waals surface area contributed by atoms with Crippen LogP contribution in [0.2, 0.25) is 0 Å². The zero-order valence-electron chi connectivity index (χ0n) is 22.9. The van der Waals surface area contributed by atoms with Crippen LogP contribution in [0.1, 0.15) is 41.5 Å². The summed E-state index contributed by atoms with van der Waals surface area (Å²) in [6.07, 6.45) is 2.80. The molecule has 4 aromatic carbocycles. The van der Waals surface area contributed by atoms with Gasteiger partial charge in [-0.2, -0.15) is 0 Å². The number of carbonyl (C=O) groups excluding carboxylic acids is 1. The molecule has 1 aromatic heterocycles. The number of benzene rings is 4. The summed E-state index contributed by atoms with van der Waals surface area (Å²) in [5.41, 5.74) is 6.85. The van der Waals surface area contributed by atoms with Gasteiger partial charge in [-0.1, -0.05) is 61.9 Å². The molecule has 1 heterocycles. The van der Waals surface area contributed by atoms with E-state index in [-0.39, 0.29) is 11.6 Å². The number of hydrogen-bond donors (Lipinski definition) is 2. The van der Waals surface area contributed by atoms with Crippen LogP contribution < -0.4 is 10.2 Å². The third-order valence-corrected chi connectivity index (χ3v) is 7.17. The summed E-state index contributed by atoms with van der Waals surface area (Å²) >= 11 is 0. The molecule has 0 bridgehead atoms. The highest BCUT2D eigenvalue weighted by Gasteiger charge is 2.20. The number of aromatic carboxylic acids is 1. The molecule has 5 aromatic rings. The minimum absolute atomic E-state index is 0.244. The molecular weight excluding hydrogens is 500 g/mol. The minimum atomic E-state index is -0.960. The predicted molar refractivity (Wildman–Crippen MR) is 161 cm³/mol. The van der Waals surface area contributed by atoms with E-state index in [0.717, 1.165) is 64.3 Å². The van der Waals surface area contributed by atoms with Gasteiger partial charge in [-0.3, -0.25) is 9.47 Å². The molecule has 0 aliphatic carbocycles. The van der Waals surface area contributed by atoms with Gasteiger partial charge >= 0.3 is 12.0 Å². The van der Waals surface area contributed by atoms with Crippen molar-refractivity contribution in [2.75, 3.05) is 17.3 Å². The topological polar surface area (TPSA) is 87.5 Å². The van der Waals surface area contributed by atoms with Gasteiger partial charge in [0.2, 0.25) is 0 Å². The first-order valence-electron chi connectivity index (χ1n) is 13.4. The number of aromatic nitrogens is 2. The first-order chi connectivity index (χ1) is 19.4. The van der Waals surface area contributed by atoms with Gasteiger partial charge in [0.25, 0.3) is 0 Å². The van der Waals surface area contributed by atoms with Crippen LogP contribution >= 0.6 is 0 Å². The standard InChI is InChI=1S/C33H32N4O3/c1-4-5-18-31-35-28-20-19-24(36(3)33(40)34-23-12-7-6-8-13-23)21-30(28)37(31)29-17-11-16-25(22(29)2)26-14-9-10-15-27(26)32(38)39/h6-17,19-21H,4-5,18H2,1-3H3,(H,34,40)(H,38,39). The Balaban J connectivity index is 1.62. The second-order valence-corrected chi connectivity index (χ2v) is 9.80. The number of fused-ring (bicyclic) bond motifs is 1. The number of nitrogens with zero attached hydrogens (tertiary/aromatic N) is 3. The van der Waals surface area contributed by atoms with Crippen molar-refractivity contribution in [1.29, 1.82) is 0 Å². The van der Waals surface area contributed by atoms with Crippen LogP contribution in [0.25, 0.3) is 27.8 Å². The van der Waals surface area contributed by atoms with Crippen molar-refractivity contribution in [2.45, 2.75) is 33.1 Å². The Bertz CT molecular complexity index is 1690. The third-order valence-electron chi connectivity index (χ3n) is 7.17. The van der Waals surface area contributed by atoms with Crippen LogP contribution in [-0.4, -0.2) is 33.7 Å². The maximum Gasteiger partial charge on any atom is 0.336 e. The lowest BCUT2D eigenvalue weighted by Gasteiger charge is -2.19. The molecule has 7 nitrogen and oxygen atoms in total. The Kier molecular flexibility index (Phi) is 7.64. The third kappa shape index (κ3) is 5.18. The zero-order chi connectivity index (χ0) is 28.2. The van der Waals surface area contributed by atoms with Crippen molar-refractivity contribution < 1.29 is 14.7 Å². The first-order valence-corrected chi connectivity index (χ1v) is 13.4. The predicted octanol–water partition coefficient (Wildman–Crippen LogP) is 7.71. The molecule has 0 radical (unpaired) electrons. The van der Waals surface area contributed by atoms with E-state index < -0.39 is 5.97 Å². The average Bonchev–Trinajstić information content (AvgIpc) is 3.33. The molecule has 0 saturated carbocycles. The number of rotatable bonds is 8. The Morgan fingerprint density at radius 2 is 1.65 bits per heavy atom. The summed E-state index contributed by atoms with van der Waals surface area (Å²) in [5, 5.41) is 12.8. The maximum atomic E-state index is 13.0. The monoisotopic (exact) mass is 532 g/mol. The van der Waals surface area contributed by atoms with Crippen molar-refractivity contribution in [3.05, 3.63) is 108 Å². The van der Waals surface area contributed by atoms with Gasteiger partial charge in [-0.25, -0.2) is 14.6 Å². The second kappa shape index (κ2) is 11.5. The van der Waals surface area contributed by atoms with Crippen molar-refractivity contribution in [3.8, 4) is 16.8 Å². The lowest BCUT2D eigenvalue weighted by atomic mass is 9.95. The van der Waals surface area contributed by atoms with Crippen LogP contribution in [-0.2, 0) is 6.42 Å². The Morgan fingerprint density at radius 3 is 2.40 bits per heavy atom. The van der Waals surface area contributed by atoms with E-state index in [1.54, 1.807) is 24.1 Å². The lowest BCUT2D eigenvalue weighted by molar-refractivity contribution is 0.0697. The van der Waals surface area contributed by atoms with E-state index in [1.807, 2.05) is 85.8 Å². The van der Waals surface area contributed by atoms with Gasteiger partial charge in [0.15, 0.2) is 0 Å². The van der Waals surface area contributed by atoms with E-state index in [1.165, 1.54) is 0 Å². The number of unbranched alkanes of at least 4 members (excludes halogenated alkanes) is 1. The van der Waals surface area contributed by atoms with E-state index in [4.69, 9.17) is 4.98 Å². The quantitative estimate of drug-likeness (QED) is 0.214. The first kappa shape index (κ1) is 26.7. The number of hydrogen-bond acceptors (Lipinski definition) is 3. The molecule has 2 N–H and O–H groups in total. The normalized spacial score (nSPS) is 11.0. The number of para-hydroxylation sites is 1. The van der Waals surface area contributed by atoms with Gasteiger partial charge < -0.3 is 10.4 Å². The Hall–Kier alpha value is -4.91. The summed E-state index contributed by atoms with van der Waals surface area (Å²) in [4.78, 5) is 31.6. The summed E-state index contributed by atoms with van der Waals surface area (Å²) in [6, 6.07) is 28.0. The molecule has 7 heteroatoms. The van der Waals surface area contributed by atoms with Crippen molar-refractivity contribution in [2.24, 2.45) is 0 Å². The number of nitrogens with one attached hydrogen (secondary N) is 1. The van der Waals surface area contributed by atoms with Gasteiger partial charge in [0, 0.05) is 24.8 Å². The molecule has 5 rings (SSSR count). The molecule has 0 saturated heterocycles. The fourth-order valence-corrected chi connectivity index (χ4v) is 5.00. The van der Waals surface area contributed by atoms with Crippen LogP contribution in [0.15, 0.2) is 91.0 Å². The molecule has 0 aliphatic heterocycles. The van der Waals surface area contributed by atoms with Crippen LogP contribution in [0.5, 0.6) is 0 Å². The maximum absolute atomic E-state index is 13.0. The second-order valence-electron chi connectivity index (χ2n) is 9.80. The van der Waals surface area contributed by atoms with Gasteiger partial charge in [-0.15, -0.1) is 0 Å². The number of carboxylic acids is 1. The molecule has 0 unspecified atom stereocenters. The van der Waals surface area contributed by atoms with E-state index in [9.17, 15) is 14.7 Å². The van der Waals surface area contributed by atoms with Gasteiger partial charge in [0.05, 0.1) is 22.3 Å². The van der Waals surface area contributed by atoms with E-state index >= 15 is 0 Å².